The van der Waals surface area contributed by atoms with Gasteiger partial charge in [-0.3, -0.25) is 4.79 Å². The van der Waals surface area contributed by atoms with Crippen LogP contribution in [-0.2, 0) is 11.2 Å². The van der Waals surface area contributed by atoms with E-state index in [1.54, 1.807) is 6.33 Å². The molecule has 1 amide bonds. The van der Waals surface area contributed by atoms with Crippen molar-refractivity contribution in [3.05, 3.63) is 66.9 Å². The average molecular weight is 333 g/mol. The van der Waals surface area contributed by atoms with Gasteiger partial charge in [0.1, 0.15) is 11.7 Å². The van der Waals surface area contributed by atoms with Crippen molar-refractivity contribution in [1.29, 1.82) is 0 Å². The number of carbonyl (C=O) groups is 1. The first-order valence-electron chi connectivity index (χ1n) is 8.34. The van der Waals surface area contributed by atoms with Crippen LogP contribution >= 0.6 is 0 Å². The SMILES string of the molecule is C[C@@H](C(=O)NCCc1cn2ccccc2n1)n1cnc2ccccc21. The fourth-order valence-corrected chi connectivity index (χ4v) is 2.98. The Morgan fingerprint density at radius 3 is 2.92 bits per heavy atom. The van der Waals surface area contributed by atoms with E-state index in [0.29, 0.717) is 13.0 Å². The average Bonchev–Trinajstić information content (AvgIpc) is 3.24. The number of hydrogen-bond acceptors (Lipinski definition) is 3. The zero-order valence-electron chi connectivity index (χ0n) is 14.0. The van der Waals surface area contributed by atoms with Gasteiger partial charge in [0, 0.05) is 25.4 Å². The molecule has 1 atom stereocenters. The van der Waals surface area contributed by atoms with E-state index in [0.717, 1.165) is 22.4 Å². The Bertz CT molecular complexity index is 999. The van der Waals surface area contributed by atoms with Gasteiger partial charge in [0.15, 0.2) is 0 Å². The zero-order chi connectivity index (χ0) is 17.2. The predicted molar refractivity (Wildman–Crippen MR) is 96.3 cm³/mol. The van der Waals surface area contributed by atoms with Crippen LogP contribution in [0.5, 0.6) is 0 Å². The first-order chi connectivity index (χ1) is 12.2. The molecule has 6 heteroatoms. The van der Waals surface area contributed by atoms with Crippen LogP contribution in [-0.4, -0.2) is 31.4 Å². The Morgan fingerprint density at radius 2 is 2.04 bits per heavy atom. The van der Waals surface area contributed by atoms with Crippen molar-refractivity contribution in [1.82, 2.24) is 24.3 Å². The summed E-state index contributed by atoms with van der Waals surface area (Å²) in [5, 5.41) is 2.99. The molecule has 0 fully saturated rings. The minimum Gasteiger partial charge on any atom is -0.354 e. The Kier molecular flexibility index (Phi) is 3.93. The lowest BCUT2D eigenvalue weighted by Crippen LogP contribution is -2.32. The summed E-state index contributed by atoms with van der Waals surface area (Å²) in [6, 6.07) is 13.4. The summed E-state index contributed by atoms with van der Waals surface area (Å²) < 4.78 is 3.88. The lowest BCUT2D eigenvalue weighted by Gasteiger charge is -2.14. The van der Waals surface area contributed by atoms with Gasteiger partial charge in [-0.15, -0.1) is 0 Å². The van der Waals surface area contributed by atoms with Gasteiger partial charge in [-0.05, 0) is 31.2 Å². The Hall–Kier alpha value is -3.15. The molecule has 0 saturated carbocycles. The van der Waals surface area contributed by atoms with E-state index < -0.39 is 0 Å². The molecule has 0 spiro atoms. The van der Waals surface area contributed by atoms with E-state index in [9.17, 15) is 4.79 Å². The topological polar surface area (TPSA) is 64.2 Å². The van der Waals surface area contributed by atoms with Crippen molar-refractivity contribution >= 4 is 22.6 Å². The minimum absolute atomic E-state index is 0.0214. The maximum Gasteiger partial charge on any atom is 0.242 e. The molecule has 0 aliphatic heterocycles. The van der Waals surface area contributed by atoms with Crippen molar-refractivity contribution in [3.8, 4) is 0 Å². The minimum atomic E-state index is -0.312. The molecule has 0 unspecified atom stereocenters. The zero-order valence-corrected chi connectivity index (χ0v) is 14.0. The van der Waals surface area contributed by atoms with Gasteiger partial charge in [0.2, 0.25) is 5.91 Å². The summed E-state index contributed by atoms with van der Waals surface area (Å²) in [6.07, 6.45) is 6.38. The molecule has 6 nitrogen and oxygen atoms in total. The van der Waals surface area contributed by atoms with Gasteiger partial charge >= 0.3 is 0 Å². The summed E-state index contributed by atoms with van der Waals surface area (Å²) >= 11 is 0. The Morgan fingerprint density at radius 1 is 1.20 bits per heavy atom. The number of hydrogen-bond donors (Lipinski definition) is 1. The number of imidazole rings is 2. The quantitative estimate of drug-likeness (QED) is 0.610. The van der Waals surface area contributed by atoms with Crippen molar-refractivity contribution in [2.45, 2.75) is 19.4 Å². The van der Waals surface area contributed by atoms with Gasteiger partial charge in [-0.2, -0.15) is 0 Å². The molecule has 126 valence electrons. The standard InChI is InChI=1S/C19H19N5O/c1-14(24-13-21-16-6-2-3-7-17(16)24)19(25)20-10-9-15-12-23-11-5-4-8-18(23)22-15/h2-8,11-14H,9-10H2,1H3,(H,20,25)/t14-/m0/s1. The highest BCUT2D eigenvalue weighted by Crippen LogP contribution is 2.17. The third kappa shape index (κ3) is 2.98. The van der Waals surface area contributed by atoms with Crippen LogP contribution < -0.4 is 5.32 Å². The third-order valence-corrected chi connectivity index (χ3v) is 4.37. The summed E-state index contributed by atoms with van der Waals surface area (Å²) in [6.45, 7) is 2.44. The van der Waals surface area contributed by atoms with Crippen LogP contribution in [0.2, 0.25) is 0 Å². The van der Waals surface area contributed by atoms with Gasteiger partial charge in [0.05, 0.1) is 23.1 Å². The number of nitrogens with one attached hydrogen (secondary N) is 1. The van der Waals surface area contributed by atoms with Gasteiger partial charge in [0.25, 0.3) is 0 Å². The van der Waals surface area contributed by atoms with E-state index in [1.165, 1.54) is 0 Å². The summed E-state index contributed by atoms with van der Waals surface area (Å²) in [5.41, 5.74) is 3.74. The number of rotatable bonds is 5. The van der Waals surface area contributed by atoms with E-state index in [4.69, 9.17) is 0 Å². The number of para-hydroxylation sites is 2. The number of pyridine rings is 1. The fourth-order valence-electron chi connectivity index (χ4n) is 2.98. The number of benzene rings is 1. The molecule has 3 heterocycles. The van der Waals surface area contributed by atoms with Crippen LogP contribution in [0.15, 0.2) is 61.2 Å². The summed E-state index contributed by atoms with van der Waals surface area (Å²) in [7, 11) is 0. The van der Waals surface area contributed by atoms with Crippen LogP contribution in [0.25, 0.3) is 16.7 Å². The summed E-state index contributed by atoms with van der Waals surface area (Å²) in [5.74, 6) is -0.0214. The number of nitrogens with zero attached hydrogens (tertiary/aromatic N) is 4. The molecule has 0 radical (unpaired) electrons. The molecule has 0 saturated heterocycles. The van der Waals surface area contributed by atoms with E-state index in [-0.39, 0.29) is 11.9 Å². The molecule has 0 aliphatic rings. The normalized spacial score (nSPS) is 12.5. The second-order valence-corrected chi connectivity index (χ2v) is 6.06. The largest absolute Gasteiger partial charge is 0.354 e. The molecular weight excluding hydrogens is 314 g/mol. The molecule has 4 aromatic rings. The van der Waals surface area contributed by atoms with Crippen LogP contribution in [0.1, 0.15) is 18.7 Å². The van der Waals surface area contributed by atoms with Crippen molar-refractivity contribution < 1.29 is 4.79 Å². The van der Waals surface area contributed by atoms with Gasteiger partial charge in [-0.1, -0.05) is 18.2 Å². The van der Waals surface area contributed by atoms with E-state index >= 15 is 0 Å². The molecule has 3 aromatic heterocycles. The Balaban J connectivity index is 1.40. The lowest BCUT2D eigenvalue weighted by atomic mass is 10.2. The van der Waals surface area contributed by atoms with Crippen molar-refractivity contribution in [3.63, 3.8) is 0 Å². The predicted octanol–water partition coefficient (Wildman–Crippen LogP) is 2.60. The van der Waals surface area contributed by atoms with E-state index in [2.05, 4.69) is 15.3 Å². The monoisotopic (exact) mass is 333 g/mol. The smallest absolute Gasteiger partial charge is 0.242 e. The highest BCUT2D eigenvalue weighted by atomic mass is 16.2. The van der Waals surface area contributed by atoms with Gasteiger partial charge < -0.3 is 14.3 Å². The first kappa shape index (κ1) is 15.4. The maximum atomic E-state index is 12.5. The second kappa shape index (κ2) is 6.39. The molecule has 4 rings (SSSR count). The number of aromatic nitrogens is 4. The molecule has 25 heavy (non-hydrogen) atoms. The van der Waals surface area contributed by atoms with Crippen molar-refractivity contribution in [2.75, 3.05) is 6.54 Å². The van der Waals surface area contributed by atoms with Gasteiger partial charge in [-0.25, -0.2) is 9.97 Å². The van der Waals surface area contributed by atoms with Crippen LogP contribution in [0, 0.1) is 0 Å². The fraction of sp³-hybridized carbons (Fsp3) is 0.211. The molecular formula is C19H19N5O. The third-order valence-electron chi connectivity index (χ3n) is 4.37. The van der Waals surface area contributed by atoms with Crippen LogP contribution in [0.3, 0.4) is 0 Å². The number of carbonyl (C=O) groups excluding carboxylic acids is 1. The number of fused-ring (bicyclic) bond motifs is 2. The Labute approximate surface area is 145 Å². The van der Waals surface area contributed by atoms with Crippen LogP contribution in [0.4, 0.5) is 0 Å². The maximum absolute atomic E-state index is 12.5. The molecule has 0 aliphatic carbocycles. The van der Waals surface area contributed by atoms with Crippen molar-refractivity contribution in [2.24, 2.45) is 0 Å². The molecule has 1 aromatic carbocycles. The molecule has 0 bridgehead atoms. The van der Waals surface area contributed by atoms with E-state index in [1.807, 2.05) is 70.7 Å². The first-order valence-corrected chi connectivity index (χ1v) is 8.34. The summed E-state index contributed by atoms with van der Waals surface area (Å²) in [4.78, 5) is 21.3. The highest BCUT2D eigenvalue weighted by Gasteiger charge is 2.16. The lowest BCUT2D eigenvalue weighted by molar-refractivity contribution is -0.123. The number of amides is 1. The second-order valence-electron chi connectivity index (χ2n) is 6.06. The molecule has 1 N–H and O–H groups in total. The highest BCUT2D eigenvalue weighted by molar-refractivity contribution is 5.83.